The number of nitrogens with one attached hydrogen (secondary N) is 2. The number of nitrogens with zero attached hydrogens (tertiary/aromatic N) is 6. The van der Waals surface area contributed by atoms with Gasteiger partial charge in [0.15, 0.2) is 0 Å². The fourth-order valence-corrected chi connectivity index (χ4v) is 5.30. The number of rotatable bonds is 9. The maximum atomic E-state index is 13.3. The molecule has 0 bridgehead atoms. The van der Waals surface area contributed by atoms with Gasteiger partial charge in [-0.3, -0.25) is 9.36 Å². The summed E-state index contributed by atoms with van der Waals surface area (Å²) >= 11 is 18.6. The molecule has 1 aliphatic rings. The number of halogens is 3. The molecule has 0 spiro atoms. The molecule has 1 fully saturated rings. The number of hydrogen-bond donors (Lipinski definition) is 2. The van der Waals surface area contributed by atoms with Gasteiger partial charge in [-0.05, 0) is 36.4 Å². The summed E-state index contributed by atoms with van der Waals surface area (Å²) in [5, 5.41) is 6.76. The smallest absolute Gasteiger partial charge is 0.321 e. The van der Waals surface area contributed by atoms with Gasteiger partial charge in [-0.2, -0.15) is 4.98 Å². The predicted molar refractivity (Wildman–Crippen MR) is 168 cm³/mol. The van der Waals surface area contributed by atoms with E-state index >= 15 is 0 Å². The minimum Gasteiger partial charge on any atom is -0.497 e. The van der Waals surface area contributed by atoms with Crippen molar-refractivity contribution in [2.75, 3.05) is 44.1 Å². The van der Waals surface area contributed by atoms with Crippen molar-refractivity contribution in [3.05, 3.63) is 81.9 Å². The van der Waals surface area contributed by atoms with Crippen LogP contribution in [-0.2, 0) is 11.3 Å². The normalized spacial score (nSPS) is 14.7. The van der Waals surface area contributed by atoms with Crippen LogP contribution in [0, 0.1) is 0 Å². The highest BCUT2D eigenvalue weighted by Crippen LogP contribution is 2.28. The van der Waals surface area contributed by atoms with Crippen molar-refractivity contribution in [1.29, 1.82) is 0 Å². The first-order valence-electron chi connectivity index (χ1n) is 13.5. The fraction of sp³-hybridized carbons (Fsp3) is 0.276. The Kier molecular flexibility index (Phi) is 9.93. The van der Waals surface area contributed by atoms with Gasteiger partial charge in [0.25, 0.3) is 0 Å². The largest absolute Gasteiger partial charge is 0.497 e. The van der Waals surface area contributed by atoms with Gasteiger partial charge in [-0.15, -0.1) is 0 Å². The van der Waals surface area contributed by atoms with Crippen LogP contribution in [0.4, 0.5) is 16.3 Å². The Balaban J connectivity index is 1.36. The van der Waals surface area contributed by atoms with Gasteiger partial charge in [-0.1, -0.05) is 34.8 Å². The van der Waals surface area contributed by atoms with Gasteiger partial charge < -0.3 is 29.9 Å². The summed E-state index contributed by atoms with van der Waals surface area (Å²) in [6, 6.07) is 11.1. The summed E-state index contributed by atoms with van der Waals surface area (Å²) in [5.74, 6) is 1.89. The second-order valence-corrected chi connectivity index (χ2v) is 11.0. The second kappa shape index (κ2) is 14.0. The molecule has 1 aliphatic heterocycles. The van der Waals surface area contributed by atoms with Crippen LogP contribution in [0.1, 0.15) is 12.0 Å². The highest BCUT2D eigenvalue weighted by atomic mass is 35.5. The number of imidazole rings is 1. The van der Waals surface area contributed by atoms with Crippen LogP contribution in [0.3, 0.4) is 0 Å². The number of urea groups is 1. The summed E-state index contributed by atoms with van der Waals surface area (Å²) < 4.78 is 12.4. The van der Waals surface area contributed by atoms with E-state index in [0.717, 1.165) is 5.56 Å². The van der Waals surface area contributed by atoms with Crippen molar-refractivity contribution in [1.82, 2.24) is 29.7 Å². The molecule has 15 heteroatoms. The Morgan fingerprint density at radius 1 is 1.00 bits per heavy atom. The van der Waals surface area contributed by atoms with E-state index in [4.69, 9.17) is 49.3 Å². The average molecular weight is 660 g/mol. The maximum Gasteiger partial charge on any atom is 0.321 e. The minimum absolute atomic E-state index is 0.0604. The van der Waals surface area contributed by atoms with E-state index in [9.17, 15) is 9.59 Å². The molecular formula is C29H29Cl3N8O4. The van der Waals surface area contributed by atoms with Crippen LogP contribution >= 0.6 is 34.8 Å². The summed E-state index contributed by atoms with van der Waals surface area (Å²) in [5.41, 5.74) is 1.26. The lowest BCUT2D eigenvalue weighted by Gasteiger charge is -2.42. The van der Waals surface area contributed by atoms with E-state index < -0.39 is 6.04 Å². The molecule has 1 saturated heterocycles. The van der Waals surface area contributed by atoms with Crippen LogP contribution in [0.2, 0.25) is 15.2 Å². The lowest BCUT2D eigenvalue weighted by atomic mass is 10.1. The van der Waals surface area contributed by atoms with Crippen molar-refractivity contribution in [2.24, 2.45) is 0 Å². The Hall–Kier alpha value is -4.26. The Morgan fingerprint density at radius 2 is 1.84 bits per heavy atom. The molecule has 2 N–H and O–H groups in total. The molecule has 2 aromatic carbocycles. The van der Waals surface area contributed by atoms with Gasteiger partial charge in [0.2, 0.25) is 11.9 Å². The first kappa shape index (κ1) is 31.2. The topological polar surface area (TPSA) is 127 Å². The lowest BCUT2D eigenvalue weighted by molar-refractivity contribution is -0.121. The standard InChI is InChI=1S/C29H29Cl3N8O4/c1-43-21-4-6-24(44-2)18(11-21)15-34-27(41)13-20-16-38(29(42)35-19-3-5-22(30)23(31)12-19)9-10-40(20)26-14-25(32)36-28(37-26)39-8-7-33-17-39/h3-8,11-12,14,17,20H,9-10,13,15-16H2,1-2H3,(H,34,41)(H,35,42). The molecule has 2 aromatic heterocycles. The number of benzene rings is 2. The first-order valence-corrected chi connectivity index (χ1v) is 14.7. The summed E-state index contributed by atoms with van der Waals surface area (Å²) in [6.45, 7) is 1.18. The van der Waals surface area contributed by atoms with E-state index in [1.165, 1.54) is 0 Å². The number of ether oxygens (including phenoxy) is 2. The highest BCUT2D eigenvalue weighted by molar-refractivity contribution is 6.42. The second-order valence-electron chi connectivity index (χ2n) is 9.83. The number of hydrogen-bond acceptors (Lipinski definition) is 8. The fourth-order valence-electron chi connectivity index (χ4n) is 4.83. The third-order valence-electron chi connectivity index (χ3n) is 7.02. The van der Waals surface area contributed by atoms with Crippen LogP contribution in [0.25, 0.3) is 5.95 Å². The van der Waals surface area contributed by atoms with Crippen molar-refractivity contribution >= 4 is 58.2 Å². The highest BCUT2D eigenvalue weighted by Gasteiger charge is 2.33. The van der Waals surface area contributed by atoms with Crippen LogP contribution in [-0.4, -0.2) is 76.3 Å². The van der Waals surface area contributed by atoms with Crippen molar-refractivity contribution in [3.63, 3.8) is 0 Å². The molecule has 3 heterocycles. The Morgan fingerprint density at radius 3 is 2.57 bits per heavy atom. The number of piperazine rings is 1. The van der Waals surface area contributed by atoms with E-state index in [2.05, 4.69) is 20.6 Å². The molecule has 0 saturated carbocycles. The third-order valence-corrected chi connectivity index (χ3v) is 7.96. The van der Waals surface area contributed by atoms with Gasteiger partial charge in [-0.25, -0.2) is 14.8 Å². The Bertz CT molecular complexity index is 1640. The van der Waals surface area contributed by atoms with Crippen molar-refractivity contribution in [3.8, 4) is 17.4 Å². The number of aromatic nitrogens is 4. The Labute approximate surface area is 268 Å². The summed E-state index contributed by atoms with van der Waals surface area (Å²) in [7, 11) is 3.14. The predicted octanol–water partition coefficient (Wildman–Crippen LogP) is 5.07. The van der Waals surface area contributed by atoms with E-state index in [0.29, 0.717) is 52.1 Å². The van der Waals surface area contributed by atoms with E-state index in [-0.39, 0.29) is 36.6 Å². The molecule has 44 heavy (non-hydrogen) atoms. The summed E-state index contributed by atoms with van der Waals surface area (Å²) in [6.07, 6.45) is 4.95. The summed E-state index contributed by atoms with van der Waals surface area (Å²) in [4.78, 5) is 43.3. The van der Waals surface area contributed by atoms with Crippen molar-refractivity contribution in [2.45, 2.75) is 19.0 Å². The molecule has 0 aliphatic carbocycles. The van der Waals surface area contributed by atoms with E-state index in [1.807, 2.05) is 11.0 Å². The zero-order chi connectivity index (χ0) is 31.2. The van der Waals surface area contributed by atoms with Crippen LogP contribution < -0.4 is 25.0 Å². The van der Waals surface area contributed by atoms with Gasteiger partial charge in [0.05, 0.1) is 30.3 Å². The number of carbonyl (C=O) groups excluding carboxylic acids is 2. The lowest BCUT2D eigenvalue weighted by Crippen LogP contribution is -2.57. The molecule has 0 radical (unpaired) electrons. The van der Waals surface area contributed by atoms with Gasteiger partial charge in [0, 0.05) is 62.3 Å². The molecule has 12 nitrogen and oxygen atoms in total. The number of anilines is 2. The first-order chi connectivity index (χ1) is 21.2. The molecule has 4 aromatic rings. The number of carbonyl (C=O) groups is 2. The molecule has 230 valence electrons. The number of amides is 3. The maximum absolute atomic E-state index is 13.3. The molecule has 5 rings (SSSR count). The minimum atomic E-state index is -0.447. The molecule has 1 atom stereocenters. The SMILES string of the molecule is COc1ccc(OC)c(CNC(=O)CC2CN(C(=O)Nc3ccc(Cl)c(Cl)c3)CCN2c2cc(Cl)nc(-n3ccnc3)n2)c1. The zero-order valence-corrected chi connectivity index (χ0v) is 26.1. The average Bonchev–Trinajstić information content (AvgIpc) is 3.57. The molecule has 3 amide bonds. The third kappa shape index (κ3) is 7.44. The van der Waals surface area contributed by atoms with E-state index in [1.54, 1.807) is 78.8 Å². The molecule has 1 unspecified atom stereocenters. The van der Waals surface area contributed by atoms with Crippen LogP contribution in [0.15, 0.2) is 61.2 Å². The monoisotopic (exact) mass is 658 g/mol. The molecular weight excluding hydrogens is 631 g/mol. The number of methoxy groups -OCH3 is 2. The van der Waals surface area contributed by atoms with Gasteiger partial charge in [0.1, 0.15) is 28.8 Å². The quantitative estimate of drug-likeness (QED) is 0.239. The van der Waals surface area contributed by atoms with Gasteiger partial charge >= 0.3 is 6.03 Å². The zero-order valence-electron chi connectivity index (χ0n) is 23.8. The van der Waals surface area contributed by atoms with Crippen LogP contribution in [0.5, 0.6) is 11.5 Å². The van der Waals surface area contributed by atoms with Crippen molar-refractivity contribution < 1.29 is 19.1 Å².